The van der Waals surface area contributed by atoms with Gasteiger partial charge in [0.1, 0.15) is 5.82 Å². The molecule has 0 bridgehead atoms. The van der Waals surface area contributed by atoms with Crippen LogP contribution in [0.4, 0.5) is 0 Å². The summed E-state index contributed by atoms with van der Waals surface area (Å²) in [7, 11) is -4.02. The van der Waals surface area contributed by atoms with Gasteiger partial charge < -0.3 is 4.98 Å². The Morgan fingerprint density at radius 1 is 1.28 bits per heavy atom. The highest BCUT2D eigenvalue weighted by Crippen LogP contribution is 2.08. The molecule has 2 rings (SSSR count). The van der Waals surface area contributed by atoms with E-state index in [1.54, 1.807) is 18.3 Å². The minimum absolute atomic E-state index is 0.0666. The highest BCUT2D eigenvalue weighted by atomic mass is 32.2. The number of benzene rings is 1. The number of aromatic amines is 1. The van der Waals surface area contributed by atoms with Crippen molar-refractivity contribution in [3.05, 3.63) is 48.0 Å². The van der Waals surface area contributed by atoms with E-state index in [-0.39, 0.29) is 4.90 Å². The average Bonchev–Trinajstić information content (AvgIpc) is 2.82. The Morgan fingerprint density at radius 3 is 2.22 bits per heavy atom. The first kappa shape index (κ1) is 14.4. The van der Waals surface area contributed by atoms with Crippen LogP contribution in [0.3, 0.4) is 0 Å². The van der Waals surface area contributed by atoms with Gasteiger partial charge in [-0.2, -0.15) is 8.42 Å². The summed E-state index contributed by atoms with van der Waals surface area (Å²) >= 11 is 0. The first-order valence-electron chi connectivity index (χ1n) is 5.46. The normalized spacial score (nSPS) is 10.6. The van der Waals surface area contributed by atoms with Crippen molar-refractivity contribution >= 4 is 10.1 Å². The molecular weight excluding hydrogens is 252 g/mol. The van der Waals surface area contributed by atoms with E-state index in [4.69, 9.17) is 4.55 Å². The van der Waals surface area contributed by atoms with Crippen molar-refractivity contribution in [3.8, 4) is 0 Å². The molecule has 18 heavy (non-hydrogen) atoms. The Hall–Kier alpha value is -1.66. The SMILES string of the molecule is CCc1ncc[nH]1.Cc1ccc(S(=O)(=O)O)cc1. The van der Waals surface area contributed by atoms with Crippen molar-refractivity contribution in [2.45, 2.75) is 25.2 Å². The van der Waals surface area contributed by atoms with E-state index in [1.165, 1.54) is 12.1 Å². The lowest BCUT2D eigenvalue weighted by Crippen LogP contribution is -1.96. The Balaban J connectivity index is 0.000000199. The van der Waals surface area contributed by atoms with Crippen LogP contribution < -0.4 is 0 Å². The maximum atomic E-state index is 10.5. The third-order valence-corrected chi connectivity index (χ3v) is 3.08. The molecule has 1 aromatic heterocycles. The fraction of sp³-hybridized carbons (Fsp3) is 0.250. The van der Waals surface area contributed by atoms with Gasteiger partial charge in [0.05, 0.1) is 4.90 Å². The van der Waals surface area contributed by atoms with Crippen molar-refractivity contribution in [2.75, 3.05) is 0 Å². The summed E-state index contributed by atoms with van der Waals surface area (Å²) in [5.74, 6) is 1.06. The summed E-state index contributed by atoms with van der Waals surface area (Å²) in [5.41, 5.74) is 0.956. The number of rotatable bonds is 2. The molecule has 0 atom stereocenters. The molecule has 2 N–H and O–H groups in total. The summed E-state index contributed by atoms with van der Waals surface area (Å²) in [6.07, 6.45) is 4.59. The summed E-state index contributed by atoms with van der Waals surface area (Å²) in [6.45, 7) is 3.91. The van der Waals surface area contributed by atoms with Crippen molar-refractivity contribution in [1.29, 1.82) is 0 Å². The highest BCUT2D eigenvalue weighted by Gasteiger charge is 2.06. The molecule has 0 aliphatic rings. The zero-order valence-electron chi connectivity index (χ0n) is 10.3. The van der Waals surface area contributed by atoms with E-state index >= 15 is 0 Å². The molecule has 6 heteroatoms. The number of hydrogen-bond donors (Lipinski definition) is 2. The van der Waals surface area contributed by atoms with Crippen molar-refractivity contribution < 1.29 is 13.0 Å². The highest BCUT2D eigenvalue weighted by molar-refractivity contribution is 7.85. The van der Waals surface area contributed by atoms with E-state index in [0.717, 1.165) is 17.8 Å². The van der Waals surface area contributed by atoms with Gasteiger partial charge in [-0.3, -0.25) is 4.55 Å². The molecule has 0 saturated heterocycles. The number of nitrogens with one attached hydrogen (secondary N) is 1. The summed E-state index contributed by atoms with van der Waals surface area (Å²) in [4.78, 5) is 6.89. The van der Waals surface area contributed by atoms with E-state index < -0.39 is 10.1 Å². The van der Waals surface area contributed by atoms with Crippen LogP contribution in [0.5, 0.6) is 0 Å². The molecule has 1 heterocycles. The molecule has 0 amide bonds. The van der Waals surface area contributed by atoms with Crippen LogP contribution in [-0.4, -0.2) is 22.9 Å². The van der Waals surface area contributed by atoms with Crippen LogP contribution in [0.2, 0.25) is 0 Å². The molecule has 0 fully saturated rings. The predicted octanol–water partition coefficient (Wildman–Crippen LogP) is 2.21. The van der Waals surface area contributed by atoms with Gasteiger partial charge in [0.15, 0.2) is 0 Å². The van der Waals surface area contributed by atoms with Gasteiger partial charge in [-0.1, -0.05) is 24.6 Å². The topological polar surface area (TPSA) is 83.0 Å². The Morgan fingerprint density at radius 2 is 1.89 bits per heavy atom. The van der Waals surface area contributed by atoms with Gasteiger partial charge in [-0.15, -0.1) is 0 Å². The second-order valence-corrected chi connectivity index (χ2v) is 5.10. The van der Waals surface area contributed by atoms with Crippen LogP contribution in [0.15, 0.2) is 41.6 Å². The van der Waals surface area contributed by atoms with E-state index in [1.807, 2.05) is 13.1 Å². The number of H-pyrrole nitrogens is 1. The second kappa shape index (κ2) is 6.32. The summed E-state index contributed by atoms with van der Waals surface area (Å²) < 4.78 is 29.6. The minimum atomic E-state index is -4.02. The molecule has 0 unspecified atom stereocenters. The Kier molecular flexibility index (Phi) is 5.06. The van der Waals surface area contributed by atoms with Gasteiger partial charge in [0.25, 0.3) is 10.1 Å². The molecule has 0 spiro atoms. The van der Waals surface area contributed by atoms with Crippen molar-refractivity contribution in [2.24, 2.45) is 0 Å². The fourth-order valence-electron chi connectivity index (χ4n) is 1.20. The number of aromatic nitrogens is 2. The van der Waals surface area contributed by atoms with E-state index in [0.29, 0.717) is 0 Å². The lowest BCUT2D eigenvalue weighted by Gasteiger charge is -1.95. The van der Waals surface area contributed by atoms with Gasteiger partial charge in [0, 0.05) is 18.8 Å². The maximum absolute atomic E-state index is 10.5. The predicted molar refractivity (Wildman–Crippen MR) is 69.0 cm³/mol. The molecule has 1 aromatic carbocycles. The first-order valence-corrected chi connectivity index (χ1v) is 6.90. The standard InChI is InChI=1S/C7H8O3S.C5H8N2/c1-6-2-4-7(5-3-6)11(8,9)10;1-2-5-6-3-4-7-5/h2-5H,1H3,(H,8,9,10);3-4H,2H2,1H3,(H,6,7). The maximum Gasteiger partial charge on any atom is 0.294 e. The smallest absolute Gasteiger partial charge is 0.294 e. The lowest BCUT2D eigenvalue weighted by molar-refractivity contribution is 0.483. The fourth-order valence-corrected chi connectivity index (χ4v) is 1.68. The van der Waals surface area contributed by atoms with Crippen LogP contribution in [-0.2, 0) is 16.5 Å². The van der Waals surface area contributed by atoms with Crippen molar-refractivity contribution in [3.63, 3.8) is 0 Å². The third kappa shape index (κ3) is 4.68. The van der Waals surface area contributed by atoms with E-state index in [9.17, 15) is 8.42 Å². The molecule has 98 valence electrons. The van der Waals surface area contributed by atoms with Gasteiger partial charge >= 0.3 is 0 Å². The largest absolute Gasteiger partial charge is 0.349 e. The summed E-state index contributed by atoms with van der Waals surface area (Å²) in [5, 5.41) is 0. The number of nitrogens with zero attached hydrogens (tertiary/aromatic N) is 1. The molecular formula is C12H16N2O3S. The first-order chi connectivity index (χ1) is 8.43. The molecule has 0 aliphatic heterocycles. The number of hydrogen-bond acceptors (Lipinski definition) is 3. The third-order valence-electron chi connectivity index (χ3n) is 2.21. The van der Waals surface area contributed by atoms with Gasteiger partial charge in [0.2, 0.25) is 0 Å². The Labute approximate surface area is 107 Å². The van der Waals surface area contributed by atoms with Gasteiger partial charge in [-0.25, -0.2) is 4.98 Å². The number of imidazole rings is 1. The lowest BCUT2D eigenvalue weighted by atomic mass is 10.2. The molecule has 2 aromatic rings. The number of aryl methyl sites for hydroxylation is 2. The zero-order chi connectivity index (χ0) is 13.6. The summed E-state index contributed by atoms with van der Waals surface area (Å²) in [6, 6.07) is 5.99. The second-order valence-electron chi connectivity index (χ2n) is 3.68. The molecule has 0 aliphatic carbocycles. The van der Waals surface area contributed by atoms with Crippen LogP contribution >= 0.6 is 0 Å². The Bertz CT molecular complexity index is 560. The van der Waals surface area contributed by atoms with E-state index in [2.05, 4.69) is 16.9 Å². The zero-order valence-corrected chi connectivity index (χ0v) is 11.1. The van der Waals surface area contributed by atoms with Crippen LogP contribution in [0.25, 0.3) is 0 Å². The van der Waals surface area contributed by atoms with Crippen LogP contribution in [0, 0.1) is 6.92 Å². The molecule has 5 nitrogen and oxygen atoms in total. The molecule has 0 radical (unpaired) electrons. The monoisotopic (exact) mass is 268 g/mol. The van der Waals surface area contributed by atoms with Gasteiger partial charge in [-0.05, 0) is 19.1 Å². The quantitative estimate of drug-likeness (QED) is 0.818. The molecule has 0 saturated carbocycles. The average molecular weight is 268 g/mol. The van der Waals surface area contributed by atoms with Crippen LogP contribution in [0.1, 0.15) is 18.3 Å². The minimum Gasteiger partial charge on any atom is -0.349 e. The van der Waals surface area contributed by atoms with Crippen molar-refractivity contribution in [1.82, 2.24) is 9.97 Å².